The van der Waals surface area contributed by atoms with Gasteiger partial charge >= 0.3 is 5.97 Å². The van der Waals surface area contributed by atoms with Gasteiger partial charge in [0.1, 0.15) is 0 Å². The number of aliphatic hydroxyl groups excluding tert-OH is 1. The van der Waals surface area contributed by atoms with Gasteiger partial charge in [-0.2, -0.15) is 0 Å². The Bertz CT molecular complexity index is 1710. The highest BCUT2D eigenvalue weighted by Gasteiger charge is 2.82. The van der Waals surface area contributed by atoms with E-state index in [1.807, 2.05) is 6.92 Å². The molecule has 7 aliphatic rings. The van der Waals surface area contributed by atoms with Crippen LogP contribution in [-0.2, 0) is 27.1 Å². The summed E-state index contributed by atoms with van der Waals surface area (Å²) in [6.07, 6.45) is 17.0. The molecule has 6 heteroatoms. The minimum Gasteiger partial charge on any atom is -0.481 e. The maximum absolute atomic E-state index is 13.1. The number of hydrogen-bond donors (Lipinski definition) is 3. The van der Waals surface area contributed by atoms with E-state index in [1.165, 1.54) is 24.0 Å². The summed E-state index contributed by atoms with van der Waals surface area (Å²) in [6.45, 7) is 15.0. The quantitative estimate of drug-likeness (QED) is 0.205. The first-order valence-electron chi connectivity index (χ1n) is 22.9. The third-order valence-electron chi connectivity index (χ3n) is 19.5. The number of methoxy groups -OCH3 is 1. The predicted octanol–water partition coefficient (Wildman–Crippen LogP) is 10.2. The van der Waals surface area contributed by atoms with Gasteiger partial charge in [-0.1, -0.05) is 77.6 Å². The van der Waals surface area contributed by atoms with Crippen molar-refractivity contribution in [2.24, 2.45) is 61.6 Å². The van der Waals surface area contributed by atoms with Gasteiger partial charge in [0, 0.05) is 42.6 Å². The fourth-order valence-corrected chi connectivity index (χ4v) is 16.6. The first-order chi connectivity index (χ1) is 26.6. The topological polar surface area (TPSA) is 96.2 Å². The number of fused-ring (bicyclic) bond motifs is 3. The Balaban J connectivity index is 1.28. The number of rotatable bonds is 10. The molecule has 310 valence electrons. The summed E-state index contributed by atoms with van der Waals surface area (Å²) in [4.78, 5) is 13.1. The van der Waals surface area contributed by atoms with E-state index in [-0.39, 0.29) is 56.9 Å². The molecule has 5 saturated carbocycles. The maximum Gasteiger partial charge on any atom is 0.309 e. The third kappa shape index (κ3) is 5.51. The van der Waals surface area contributed by atoms with Gasteiger partial charge in [-0.3, -0.25) is 4.79 Å². The monoisotopic (exact) mass is 771 g/mol. The van der Waals surface area contributed by atoms with Crippen molar-refractivity contribution in [3.8, 4) is 11.8 Å². The molecule has 6 aliphatic carbocycles. The van der Waals surface area contributed by atoms with Crippen LogP contribution < -0.4 is 0 Å². The molecule has 1 heterocycles. The Morgan fingerprint density at radius 2 is 1.61 bits per heavy atom. The number of aliphatic hydroxyl groups is 2. The Labute approximate surface area is 338 Å². The molecule has 6 fully saturated rings. The third-order valence-corrected chi connectivity index (χ3v) is 19.5. The molecule has 1 aromatic carbocycles. The summed E-state index contributed by atoms with van der Waals surface area (Å²) < 4.78 is 12.4. The lowest BCUT2D eigenvalue weighted by Crippen LogP contribution is -2.75. The lowest BCUT2D eigenvalue weighted by molar-refractivity contribution is -0.314. The van der Waals surface area contributed by atoms with Crippen LogP contribution in [-0.4, -0.2) is 53.0 Å². The molecule has 1 aliphatic heterocycles. The summed E-state index contributed by atoms with van der Waals surface area (Å²) in [5.74, 6) is 7.05. The van der Waals surface area contributed by atoms with Gasteiger partial charge in [0.15, 0.2) is 5.79 Å². The van der Waals surface area contributed by atoms with E-state index in [0.29, 0.717) is 18.4 Å². The molecule has 1 unspecified atom stereocenters. The molecule has 6 nitrogen and oxygen atoms in total. The highest BCUT2D eigenvalue weighted by Crippen LogP contribution is 2.85. The SMILES string of the molecule is CCC[C@H]1CC#C[C@]23CC[C@@]45[C@H](Cc6ccc(CCOC)cc6)O[C@](O)(C[C@@H](O)[C@@H]4[C@@]2(C)CC[C@@]2(CC1)C1C[C@](C)(C(=O)O)CC[C@@]1(C)CC[C@@]23C)[C@@H]5CCC. The van der Waals surface area contributed by atoms with Crippen LogP contribution in [0.4, 0.5) is 0 Å². The molecular weight excluding hydrogens is 697 g/mol. The molecule has 2 spiro atoms. The number of aliphatic carboxylic acids is 1. The van der Waals surface area contributed by atoms with E-state index in [4.69, 9.17) is 9.47 Å². The van der Waals surface area contributed by atoms with E-state index in [0.717, 1.165) is 103 Å². The van der Waals surface area contributed by atoms with Crippen LogP contribution in [0.3, 0.4) is 0 Å². The van der Waals surface area contributed by atoms with Crippen LogP contribution in [0.1, 0.15) is 162 Å². The molecule has 3 N–H and O–H groups in total. The van der Waals surface area contributed by atoms with E-state index < -0.39 is 23.3 Å². The van der Waals surface area contributed by atoms with Gasteiger partial charge in [-0.05, 0) is 148 Å². The van der Waals surface area contributed by atoms with Crippen molar-refractivity contribution in [3.63, 3.8) is 0 Å². The molecular formula is C50H74O6. The summed E-state index contributed by atoms with van der Waals surface area (Å²) in [5.41, 5.74) is 0.718. The highest BCUT2D eigenvalue weighted by atomic mass is 16.6. The molecule has 8 rings (SSSR count). The Hall–Kier alpha value is -1.91. The summed E-state index contributed by atoms with van der Waals surface area (Å²) in [5, 5.41) is 36.1. The summed E-state index contributed by atoms with van der Waals surface area (Å²) in [7, 11) is 1.75. The number of carbonyl (C=O) groups is 1. The first-order valence-corrected chi connectivity index (χ1v) is 22.9. The van der Waals surface area contributed by atoms with Gasteiger partial charge in [0.25, 0.3) is 0 Å². The van der Waals surface area contributed by atoms with E-state index >= 15 is 0 Å². The highest BCUT2D eigenvalue weighted by molar-refractivity contribution is 5.74. The van der Waals surface area contributed by atoms with E-state index in [1.54, 1.807) is 7.11 Å². The van der Waals surface area contributed by atoms with Gasteiger partial charge in [-0.15, -0.1) is 5.92 Å². The lowest BCUT2D eigenvalue weighted by atomic mass is 9.24. The largest absolute Gasteiger partial charge is 0.481 e. The molecule has 0 amide bonds. The van der Waals surface area contributed by atoms with Gasteiger partial charge < -0.3 is 24.8 Å². The van der Waals surface area contributed by atoms with Crippen LogP contribution in [0, 0.1) is 73.4 Å². The second-order valence-corrected chi connectivity index (χ2v) is 21.7. The minimum atomic E-state index is -1.34. The second-order valence-electron chi connectivity index (χ2n) is 21.7. The van der Waals surface area contributed by atoms with Crippen LogP contribution >= 0.6 is 0 Å². The standard InChI is InChI=1S/C50H74O6/c1-8-11-34-13-10-20-48-28-29-49-38(12-9-2)50(54,56-40(49)31-36-16-14-35(15-17-36)19-30-55-7)32-37(51)41(49)45(48,5)25-27-47(21-18-34)39-33-44(4,42(52)53)23-22-43(39,3)24-26-46(47,48)6/h14-17,34,37-41,51,54H,8-9,11-13,18-19,21-33H2,1-7H3,(H,52,53)/t34-,37+,38+,39?,40-,41+,43-,44+,45+,46-,47-,48-,49+,50+/m0/s1. The number of hydrogen-bond acceptors (Lipinski definition) is 5. The summed E-state index contributed by atoms with van der Waals surface area (Å²) in [6, 6.07) is 8.91. The van der Waals surface area contributed by atoms with Crippen molar-refractivity contribution in [2.45, 2.75) is 182 Å². The van der Waals surface area contributed by atoms with Crippen LogP contribution in [0.15, 0.2) is 24.3 Å². The fourth-order valence-electron chi connectivity index (χ4n) is 16.6. The van der Waals surface area contributed by atoms with Crippen LogP contribution in [0.5, 0.6) is 0 Å². The second kappa shape index (κ2) is 14.1. The smallest absolute Gasteiger partial charge is 0.309 e. The normalized spacial score (nSPS) is 49.1. The van der Waals surface area contributed by atoms with Crippen molar-refractivity contribution in [1.82, 2.24) is 0 Å². The minimum absolute atomic E-state index is 0.0224. The molecule has 1 aromatic rings. The zero-order valence-corrected chi connectivity index (χ0v) is 36.0. The first kappa shape index (κ1) is 40.9. The maximum atomic E-state index is 13.1. The number of ether oxygens (including phenoxy) is 2. The number of benzene rings is 1. The molecule has 56 heavy (non-hydrogen) atoms. The van der Waals surface area contributed by atoms with Crippen molar-refractivity contribution in [2.75, 3.05) is 13.7 Å². The van der Waals surface area contributed by atoms with Crippen molar-refractivity contribution < 1.29 is 29.6 Å². The van der Waals surface area contributed by atoms with Crippen molar-refractivity contribution in [1.29, 1.82) is 0 Å². The Morgan fingerprint density at radius 1 is 0.893 bits per heavy atom. The summed E-state index contributed by atoms with van der Waals surface area (Å²) >= 11 is 0. The lowest BCUT2D eigenvalue weighted by Gasteiger charge is -2.79. The molecule has 1 saturated heterocycles. The Kier molecular flexibility index (Phi) is 10.3. The van der Waals surface area contributed by atoms with Gasteiger partial charge in [0.05, 0.1) is 24.2 Å². The zero-order chi connectivity index (χ0) is 40.0. The Morgan fingerprint density at radius 3 is 2.30 bits per heavy atom. The van der Waals surface area contributed by atoms with Crippen LogP contribution in [0.25, 0.3) is 0 Å². The van der Waals surface area contributed by atoms with Crippen LogP contribution in [0.2, 0.25) is 0 Å². The van der Waals surface area contributed by atoms with Crippen molar-refractivity contribution >= 4 is 5.97 Å². The van der Waals surface area contributed by atoms with E-state index in [9.17, 15) is 20.1 Å². The van der Waals surface area contributed by atoms with Gasteiger partial charge in [0.2, 0.25) is 0 Å². The molecule has 4 bridgehead atoms. The van der Waals surface area contributed by atoms with Gasteiger partial charge in [-0.25, -0.2) is 0 Å². The zero-order valence-electron chi connectivity index (χ0n) is 36.0. The van der Waals surface area contributed by atoms with Crippen molar-refractivity contribution in [3.05, 3.63) is 35.4 Å². The average Bonchev–Trinajstić information content (AvgIpc) is 3.32. The molecule has 0 radical (unpaired) electrons. The number of carboxylic acids is 1. The molecule has 0 aromatic heterocycles. The fraction of sp³-hybridized carbons (Fsp3) is 0.820. The average molecular weight is 771 g/mol. The predicted molar refractivity (Wildman–Crippen MR) is 220 cm³/mol. The van der Waals surface area contributed by atoms with E-state index in [2.05, 4.69) is 70.7 Å². The molecule has 14 atom stereocenters. The number of carboxylic acid groups (broad SMARTS) is 1.